The first-order valence-electron chi connectivity index (χ1n) is 12.1. The highest BCUT2D eigenvalue weighted by Crippen LogP contribution is 2.36. The van der Waals surface area contributed by atoms with Crippen LogP contribution in [0.1, 0.15) is 41.8 Å². The molecule has 2 heterocycles. The molecule has 4 aromatic rings. The lowest BCUT2D eigenvalue weighted by Crippen LogP contribution is -2.33. The molecule has 7 nitrogen and oxygen atoms in total. The summed E-state index contributed by atoms with van der Waals surface area (Å²) in [6.07, 6.45) is 4.04. The van der Waals surface area contributed by atoms with E-state index in [1.165, 1.54) is 4.88 Å². The van der Waals surface area contributed by atoms with Gasteiger partial charge in [-0.15, -0.1) is 11.3 Å². The Kier molecular flexibility index (Phi) is 6.53. The maximum Gasteiger partial charge on any atom is 0.263 e. The van der Waals surface area contributed by atoms with Crippen LogP contribution in [0.3, 0.4) is 0 Å². The minimum atomic E-state index is -0.794. The summed E-state index contributed by atoms with van der Waals surface area (Å²) < 4.78 is 12.2. The van der Waals surface area contributed by atoms with Gasteiger partial charge in [-0.25, -0.2) is 4.98 Å². The van der Waals surface area contributed by atoms with Crippen LogP contribution in [0.4, 0.5) is 5.69 Å². The van der Waals surface area contributed by atoms with Gasteiger partial charge >= 0.3 is 0 Å². The summed E-state index contributed by atoms with van der Waals surface area (Å²) in [5.74, 6) is 1.26. The molecule has 1 atom stereocenters. The van der Waals surface area contributed by atoms with E-state index in [9.17, 15) is 9.59 Å². The molecule has 0 saturated heterocycles. The topological polar surface area (TPSA) is 82.5 Å². The van der Waals surface area contributed by atoms with Crippen LogP contribution in [0.15, 0.2) is 47.3 Å². The Balaban J connectivity index is 1.62. The number of methoxy groups -OCH3 is 2. The molecule has 0 fully saturated rings. The van der Waals surface area contributed by atoms with Gasteiger partial charge in [0.25, 0.3) is 5.56 Å². The highest BCUT2D eigenvalue weighted by atomic mass is 32.1. The summed E-state index contributed by atoms with van der Waals surface area (Å²) in [7, 11) is 3.10. The largest absolute Gasteiger partial charge is 0.493 e. The fraction of sp³-hybridized carbons (Fsp3) is 0.321. The van der Waals surface area contributed by atoms with Crippen molar-refractivity contribution in [2.45, 2.75) is 45.6 Å². The number of nitrogens with one attached hydrogen (secondary N) is 1. The van der Waals surface area contributed by atoms with Crippen LogP contribution in [0.25, 0.3) is 21.6 Å². The Hall–Kier alpha value is -3.65. The van der Waals surface area contributed by atoms with E-state index in [0.29, 0.717) is 28.4 Å². The molecule has 0 aliphatic heterocycles. The summed E-state index contributed by atoms with van der Waals surface area (Å²) in [5.41, 5.74) is 3.37. The number of aryl methyl sites for hydroxylation is 3. The number of rotatable bonds is 6. The Morgan fingerprint density at radius 2 is 1.86 bits per heavy atom. The number of ether oxygens (including phenoxy) is 2. The molecular weight excluding hydrogens is 474 g/mol. The molecule has 1 amide bonds. The normalized spacial score (nSPS) is 13.8. The van der Waals surface area contributed by atoms with Gasteiger partial charge in [0.15, 0.2) is 11.5 Å². The van der Waals surface area contributed by atoms with Gasteiger partial charge in [-0.1, -0.05) is 23.8 Å². The molecule has 1 aliphatic carbocycles. The molecule has 8 heteroatoms. The number of nitrogens with zero attached hydrogens (tertiary/aromatic N) is 2. The number of benzene rings is 2. The summed E-state index contributed by atoms with van der Waals surface area (Å²) >= 11 is 1.62. The second kappa shape index (κ2) is 9.78. The van der Waals surface area contributed by atoms with Crippen LogP contribution in [0.2, 0.25) is 0 Å². The molecule has 0 spiro atoms. The fourth-order valence-corrected chi connectivity index (χ4v) is 6.09. The third-order valence-corrected chi connectivity index (χ3v) is 7.90. The highest BCUT2D eigenvalue weighted by molar-refractivity contribution is 7.18. The smallest absolute Gasteiger partial charge is 0.263 e. The van der Waals surface area contributed by atoms with Crippen molar-refractivity contribution in [2.75, 3.05) is 19.5 Å². The van der Waals surface area contributed by atoms with Gasteiger partial charge < -0.3 is 14.8 Å². The lowest BCUT2D eigenvalue weighted by Gasteiger charge is -2.20. The minimum Gasteiger partial charge on any atom is -0.493 e. The van der Waals surface area contributed by atoms with Gasteiger partial charge in [-0.2, -0.15) is 0 Å². The molecule has 0 radical (unpaired) electrons. The van der Waals surface area contributed by atoms with Gasteiger partial charge in [0.05, 0.1) is 19.6 Å². The van der Waals surface area contributed by atoms with Gasteiger partial charge in [-0.05, 0) is 63.3 Å². The van der Waals surface area contributed by atoms with Crippen LogP contribution in [0.5, 0.6) is 11.5 Å². The van der Waals surface area contributed by atoms with Crippen LogP contribution >= 0.6 is 11.3 Å². The summed E-state index contributed by atoms with van der Waals surface area (Å²) in [6, 6.07) is 12.3. The third-order valence-electron chi connectivity index (χ3n) is 6.72. The first-order valence-corrected chi connectivity index (χ1v) is 12.9. The first-order chi connectivity index (χ1) is 17.4. The average Bonchev–Trinajstić information content (AvgIpc) is 3.27. The summed E-state index contributed by atoms with van der Waals surface area (Å²) in [5, 5.41) is 3.59. The number of amides is 1. The molecule has 186 valence electrons. The van der Waals surface area contributed by atoms with E-state index < -0.39 is 6.04 Å². The quantitative estimate of drug-likeness (QED) is 0.374. The zero-order valence-electron chi connectivity index (χ0n) is 20.9. The van der Waals surface area contributed by atoms with E-state index in [2.05, 4.69) is 5.32 Å². The van der Waals surface area contributed by atoms with Gasteiger partial charge in [0, 0.05) is 22.2 Å². The summed E-state index contributed by atoms with van der Waals surface area (Å²) in [4.78, 5) is 34.5. The SMILES string of the molecule is COc1ccc(NC(=O)C(C)n2c(-c3cccc(C)c3)nc3sc4c(c3c2=O)CCCC4)cc1OC. The predicted octanol–water partition coefficient (Wildman–Crippen LogP) is 5.53. The standard InChI is InChI=1S/C28H29N3O4S/c1-16-8-7-9-18(14-16)25-30-27-24(20-10-5-6-11-23(20)36-27)28(33)31(25)17(2)26(32)29-19-12-13-21(34-3)22(15-19)35-4/h7-9,12-15,17H,5-6,10-11H2,1-4H3,(H,29,32). The van der Waals surface area contributed by atoms with Crippen molar-refractivity contribution in [3.05, 3.63) is 68.8 Å². The van der Waals surface area contributed by atoms with Crippen molar-refractivity contribution < 1.29 is 14.3 Å². The van der Waals surface area contributed by atoms with E-state index in [4.69, 9.17) is 14.5 Å². The van der Waals surface area contributed by atoms with Crippen molar-refractivity contribution in [3.63, 3.8) is 0 Å². The molecule has 0 bridgehead atoms. The Labute approximate surface area is 213 Å². The van der Waals surface area contributed by atoms with Crippen molar-refractivity contribution in [2.24, 2.45) is 0 Å². The number of aromatic nitrogens is 2. The van der Waals surface area contributed by atoms with Crippen LogP contribution in [0, 0.1) is 6.92 Å². The Bertz CT molecular complexity index is 1520. The zero-order valence-corrected chi connectivity index (χ0v) is 21.7. The van der Waals surface area contributed by atoms with E-state index in [0.717, 1.165) is 47.2 Å². The predicted molar refractivity (Wildman–Crippen MR) is 144 cm³/mol. The van der Waals surface area contributed by atoms with Gasteiger partial charge in [-0.3, -0.25) is 14.2 Å². The molecule has 2 aromatic heterocycles. The minimum absolute atomic E-state index is 0.161. The van der Waals surface area contributed by atoms with Crippen molar-refractivity contribution >= 4 is 33.1 Å². The van der Waals surface area contributed by atoms with E-state index in [1.807, 2.05) is 31.2 Å². The average molecular weight is 504 g/mol. The molecule has 0 saturated carbocycles. The van der Waals surface area contributed by atoms with Crippen molar-refractivity contribution in [3.8, 4) is 22.9 Å². The van der Waals surface area contributed by atoms with Crippen LogP contribution in [-0.2, 0) is 17.6 Å². The van der Waals surface area contributed by atoms with Crippen molar-refractivity contribution in [1.29, 1.82) is 0 Å². The van der Waals surface area contributed by atoms with Crippen LogP contribution < -0.4 is 20.3 Å². The van der Waals surface area contributed by atoms with Crippen LogP contribution in [-0.4, -0.2) is 29.7 Å². The second-order valence-electron chi connectivity index (χ2n) is 9.11. The molecule has 5 rings (SSSR count). The number of carbonyl (C=O) groups is 1. The fourth-order valence-electron chi connectivity index (χ4n) is 4.84. The van der Waals surface area contributed by atoms with Gasteiger partial charge in [0.1, 0.15) is 16.7 Å². The lowest BCUT2D eigenvalue weighted by molar-refractivity contribution is -0.118. The van der Waals surface area contributed by atoms with E-state index in [-0.39, 0.29) is 11.5 Å². The molecule has 1 aliphatic rings. The number of fused-ring (bicyclic) bond motifs is 3. The van der Waals surface area contributed by atoms with Gasteiger partial charge in [0.2, 0.25) is 5.91 Å². The monoisotopic (exact) mass is 503 g/mol. The zero-order chi connectivity index (χ0) is 25.4. The van der Waals surface area contributed by atoms with Crippen molar-refractivity contribution in [1.82, 2.24) is 9.55 Å². The molecule has 36 heavy (non-hydrogen) atoms. The molecule has 1 N–H and O–H groups in total. The maximum absolute atomic E-state index is 14.0. The third kappa shape index (κ3) is 4.26. The lowest BCUT2D eigenvalue weighted by atomic mass is 9.97. The number of anilines is 1. The van der Waals surface area contributed by atoms with E-state index in [1.54, 1.807) is 55.2 Å². The highest BCUT2D eigenvalue weighted by Gasteiger charge is 2.27. The Morgan fingerprint density at radius 3 is 2.61 bits per heavy atom. The number of hydrogen-bond acceptors (Lipinski definition) is 6. The maximum atomic E-state index is 14.0. The second-order valence-corrected chi connectivity index (χ2v) is 10.2. The van der Waals surface area contributed by atoms with E-state index >= 15 is 0 Å². The number of carbonyl (C=O) groups excluding carboxylic acids is 1. The Morgan fingerprint density at radius 1 is 1.08 bits per heavy atom. The summed E-state index contributed by atoms with van der Waals surface area (Å²) in [6.45, 7) is 3.74. The first kappa shape index (κ1) is 24.1. The number of thiophene rings is 1. The molecular formula is C28H29N3O4S. The number of hydrogen-bond donors (Lipinski definition) is 1. The molecule has 2 aromatic carbocycles. The molecule has 1 unspecified atom stereocenters.